The molecule has 0 aliphatic rings. The van der Waals surface area contributed by atoms with Gasteiger partial charge in [0.25, 0.3) is 0 Å². The summed E-state index contributed by atoms with van der Waals surface area (Å²) in [4.78, 5) is 8.44. The van der Waals surface area contributed by atoms with Gasteiger partial charge in [0, 0.05) is 17.8 Å². The highest BCUT2D eigenvalue weighted by Crippen LogP contribution is 2.19. The van der Waals surface area contributed by atoms with E-state index in [1.54, 1.807) is 6.33 Å². The molecule has 0 saturated carbocycles. The van der Waals surface area contributed by atoms with Crippen molar-refractivity contribution in [3.05, 3.63) is 30.6 Å². The smallest absolute Gasteiger partial charge is 0.137 e. The van der Waals surface area contributed by atoms with E-state index in [2.05, 4.69) is 21.2 Å². The van der Waals surface area contributed by atoms with Gasteiger partial charge in [-0.2, -0.15) is 0 Å². The number of para-hydroxylation sites is 1. The van der Waals surface area contributed by atoms with Crippen molar-refractivity contribution >= 4 is 16.7 Å². The van der Waals surface area contributed by atoms with Crippen LogP contribution in [0.15, 0.2) is 30.6 Å². The molecule has 0 saturated heterocycles. The molecule has 1 atom stereocenters. The Morgan fingerprint density at radius 2 is 2.19 bits per heavy atom. The second-order valence-electron chi connectivity index (χ2n) is 3.69. The van der Waals surface area contributed by atoms with Crippen LogP contribution >= 0.6 is 0 Å². The summed E-state index contributed by atoms with van der Waals surface area (Å²) < 4.78 is 0. The van der Waals surface area contributed by atoms with Crippen LogP contribution < -0.4 is 5.32 Å². The van der Waals surface area contributed by atoms with Crippen LogP contribution in [0.1, 0.15) is 13.3 Å². The summed E-state index contributed by atoms with van der Waals surface area (Å²) in [6.07, 6.45) is 7.51. The average Bonchev–Trinajstić information content (AvgIpc) is 2.30. The third-order valence-electron chi connectivity index (χ3n) is 2.35. The molecule has 0 bridgehead atoms. The Hall–Kier alpha value is -2.08. The minimum absolute atomic E-state index is 0.211. The van der Waals surface area contributed by atoms with E-state index < -0.39 is 0 Å². The van der Waals surface area contributed by atoms with Crippen molar-refractivity contribution in [2.24, 2.45) is 0 Å². The number of aromatic nitrogens is 2. The van der Waals surface area contributed by atoms with E-state index in [0.29, 0.717) is 6.42 Å². The van der Waals surface area contributed by atoms with Crippen molar-refractivity contribution in [2.75, 3.05) is 5.32 Å². The van der Waals surface area contributed by atoms with Gasteiger partial charge < -0.3 is 5.32 Å². The summed E-state index contributed by atoms with van der Waals surface area (Å²) in [5.41, 5.74) is 0.938. The average molecular weight is 211 g/mol. The molecule has 0 amide bonds. The SMILES string of the molecule is C#CCC(C)Nc1ncnc2ccccc12. The van der Waals surface area contributed by atoms with Crippen LogP contribution in [0.2, 0.25) is 0 Å². The summed E-state index contributed by atoms with van der Waals surface area (Å²) in [5, 5.41) is 4.31. The first-order valence-corrected chi connectivity index (χ1v) is 5.21. The van der Waals surface area contributed by atoms with E-state index >= 15 is 0 Å². The number of terminal acetylenes is 1. The van der Waals surface area contributed by atoms with Crippen LogP contribution in [0.4, 0.5) is 5.82 Å². The minimum atomic E-state index is 0.211. The summed E-state index contributed by atoms with van der Waals surface area (Å²) in [5.74, 6) is 3.47. The first-order chi connectivity index (χ1) is 7.81. The fourth-order valence-electron chi connectivity index (χ4n) is 1.58. The maximum atomic E-state index is 5.27. The van der Waals surface area contributed by atoms with Crippen molar-refractivity contribution in [3.63, 3.8) is 0 Å². The van der Waals surface area contributed by atoms with E-state index in [1.165, 1.54) is 0 Å². The molecule has 1 aromatic carbocycles. The van der Waals surface area contributed by atoms with Crippen LogP contribution in [0.3, 0.4) is 0 Å². The zero-order valence-electron chi connectivity index (χ0n) is 9.14. The highest BCUT2D eigenvalue weighted by atomic mass is 15.0. The molecular weight excluding hydrogens is 198 g/mol. The Morgan fingerprint density at radius 3 is 3.00 bits per heavy atom. The fourth-order valence-corrected chi connectivity index (χ4v) is 1.58. The molecule has 1 unspecified atom stereocenters. The number of nitrogens with zero attached hydrogens (tertiary/aromatic N) is 2. The Morgan fingerprint density at radius 1 is 1.38 bits per heavy atom. The van der Waals surface area contributed by atoms with E-state index in [0.717, 1.165) is 16.7 Å². The lowest BCUT2D eigenvalue weighted by atomic mass is 10.2. The summed E-state index contributed by atoms with van der Waals surface area (Å²) in [6.45, 7) is 2.04. The van der Waals surface area contributed by atoms with E-state index in [4.69, 9.17) is 6.42 Å². The maximum Gasteiger partial charge on any atom is 0.137 e. The molecule has 3 nitrogen and oxygen atoms in total. The highest BCUT2D eigenvalue weighted by Gasteiger charge is 2.05. The van der Waals surface area contributed by atoms with Gasteiger partial charge in [0.05, 0.1) is 5.52 Å². The van der Waals surface area contributed by atoms with E-state index in [1.807, 2.05) is 31.2 Å². The lowest BCUT2D eigenvalue weighted by Crippen LogP contribution is -2.15. The van der Waals surface area contributed by atoms with Crippen LogP contribution in [-0.4, -0.2) is 16.0 Å². The molecular formula is C13H13N3. The van der Waals surface area contributed by atoms with Gasteiger partial charge >= 0.3 is 0 Å². The highest BCUT2D eigenvalue weighted by molar-refractivity contribution is 5.88. The Kier molecular flexibility index (Phi) is 3.02. The number of benzene rings is 1. The lowest BCUT2D eigenvalue weighted by molar-refractivity contribution is 0.823. The van der Waals surface area contributed by atoms with Gasteiger partial charge in [-0.3, -0.25) is 0 Å². The number of fused-ring (bicyclic) bond motifs is 1. The van der Waals surface area contributed by atoms with E-state index in [9.17, 15) is 0 Å². The maximum absolute atomic E-state index is 5.27. The molecule has 1 aromatic heterocycles. The molecule has 0 fully saturated rings. The Balaban J connectivity index is 2.34. The molecule has 0 spiro atoms. The number of hydrogen-bond donors (Lipinski definition) is 1. The van der Waals surface area contributed by atoms with Crippen LogP contribution in [-0.2, 0) is 0 Å². The molecule has 1 heterocycles. The predicted molar refractivity (Wildman–Crippen MR) is 66.1 cm³/mol. The Bertz CT molecular complexity index is 523. The van der Waals surface area contributed by atoms with Crippen molar-refractivity contribution in [1.29, 1.82) is 0 Å². The van der Waals surface area contributed by atoms with Crippen molar-refractivity contribution in [1.82, 2.24) is 9.97 Å². The molecule has 2 rings (SSSR count). The lowest BCUT2D eigenvalue weighted by Gasteiger charge is -2.12. The fraction of sp³-hybridized carbons (Fsp3) is 0.231. The monoisotopic (exact) mass is 211 g/mol. The predicted octanol–water partition coefficient (Wildman–Crippen LogP) is 2.45. The van der Waals surface area contributed by atoms with Crippen molar-refractivity contribution in [3.8, 4) is 12.3 Å². The van der Waals surface area contributed by atoms with Crippen LogP contribution in [0.5, 0.6) is 0 Å². The third kappa shape index (κ3) is 2.12. The zero-order chi connectivity index (χ0) is 11.4. The van der Waals surface area contributed by atoms with Gasteiger partial charge in [0.15, 0.2) is 0 Å². The second-order valence-corrected chi connectivity index (χ2v) is 3.69. The quantitative estimate of drug-likeness (QED) is 0.792. The number of hydrogen-bond acceptors (Lipinski definition) is 3. The first kappa shape index (κ1) is 10.4. The molecule has 0 radical (unpaired) electrons. The molecule has 0 aliphatic carbocycles. The number of anilines is 1. The zero-order valence-corrected chi connectivity index (χ0v) is 9.14. The van der Waals surface area contributed by atoms with Gasteiger partial charge in [-0.15, -0.1) is 12.3 Å². The van der Waals surface area contributed by atoms with Gasteiger partial charge in [-0.05, 0) is 19.1 Å². The Labute approximate surface area is 94.9 Å². The summed E-state index contributed by atoms with van der Waals surface area (Å²) in [7, 11) is 0. The molecule has 80 valence electrons. The van der Waals surface area contributed by atoms with Crippen molar-refractivity contribution < 1.29 is 0 Å². The first-order valence-electron chi connectivity index (χ1n) is 5.21. The van der Waals surface area contributed by atoms with Crippen LogP contribution in [0.25, 0.3) is 10.9 Å². The largest absolute Gasteiger partial charge is 0.366 e. The number of nitrogens with one attached hydrogen (secondary N) is 1. The van der Waals surface area contributed by atoms with Gasteiger partial charge in [0.2, 0.25) is 0 Å². The molecule has 3 heteroatoms. The summed E-state index contributed by atoms with van der Waals surface area (Å²) in [6, 6.07) is 8.12. The third-order valence-corrected chi connectivity index (χ3v) is 2.35. The van der Waals surface area contributed by atoms with Gasteiger partial charge in [0.1, 0.15) is 12.1 Å². The van der Waals surface area contributed by atoms with Gasteiger partial charge in [-0.1, -0.05) is 12.1 Å². The number of rotatable bonds is 3. The van der Waals surface area contributed by atoms with Crippen LogP contribution in [0, 0.1) is 12.3 Å². The topological polar surface area (TPSA) is 37.8 Å². The molecule has 1 N–H and O–H groups in total. The van der Waals surface area contributed by atoms with E-state index in [-0.39, 0.29) is 6.04 Å². The van der Waals surface area contributed by atoms with Gasteiger partial charge in [-0.25, -0.2) is 9.97 Å². The summed E-state index contributed by atoms with van der Waals surface area (Å²) >= 11 is 0. The molecule has 0 aliphatic heterocycles. The standard InChI is InChI=1S/C13H13N3/c1-3-6-10(2)16-13-11-7-4-5-8-12(11)14-9-15-13/h1,4-5,7-10H,6H2,2H3,(H,14,15,16). The molecule has 16 heavy (non-hydrogen) atoms. The second kappa shape index (κ2) is 4.63. The van der Waals surface area contributed by atoms with Crippen molar-refractivity contribution in [2.45, 2.75) is 19.4 Å². The minimum Gasteiger partial charge on any atom is -0.366 e. The molecule has 2 aromatic rings. The normalized spacial score (nSPS) is 12.0.